The number of hydrogen-bond donors (Lipinski definition) is 0. The Morgan fingerprint density at radius 1 is 1.48 bits per heavy atom. The summed E-state index contributed by atoms with van der Waals surface area (Å²) in [6, 6.07) is 9.52. The van der Waals surface area contributed by atoms with Crippen LogP contribution in [-0.2, 0) is 14.3 Å². The molecule has 0 radical (unpaired) electrons. The molecule has 110 valence electrons. The van der Waals surface area contributed by atoms with Crippen LogP contribution in [0.2, 0.25) is 0 Å². The van der Waals surface area contributed by atoms with Crippen LogP contribution in [0.5, 0.6) is 0 Å². The van der Waals surface area contributed by atoms with Crippen LogP contribution >= 0.6 is 0 Å². The van der Waals surface area contributed by atoms with Crippen LogP contribution in [0.15, 0.2) is 30.3 Å². The van der Waals surface area contributed by atoms with E-state index in [2.05, 4.69) is 4.85 Å². The maximum absolute atomic E-state index is 12.3. The van der Waals surface area contributed by atoms with Crippen molar-refractivity contribution in [2.75, 3.05) is 20.2 Å². The number of rotatable bonds is 4. The average molecular weight is 286 g/mol. The van der Waals surface area contributed by atoms with Gasteiger partial charge in [-0.05, 0) is 12.5 Å². The van der Waals surface area contributed by atoms with Crippen molar-refractivity contribution in [2.24, 2.45) is 5.41 Å². The van der Waals surface area contributed by atoms with Crippen LogP contribution in [-0.4, -0.2) is 37.0 Å². The molecule has 5 nitrogen and oxygen atoms in total. The first-order valence-electron chi connectivity index (χ1n) is 6.80. The van der Waals surface area contributed by atoms with E-state index in [1.54, 1.807) is 4.90 Å². The molecule has 0 saturated carbocycles. The van der Waals surface area contributed by atoms with Crippen LogP contribution in [0.4, 0.5) is 0 Å². The zero-order valence-electron chi connectivity index (χ0n) is 12.2. The Labute approximate surface area is 124 Å². The average Bonchev–Trinajstić information content (AvgIpc) is 2.85. The molecular weight excluding hydrogens is 268 g/mol. The zero-order valence-corrected chi connectivity index (χ0v) is 12.2. The lowest BCUT2D eigenvalue weighted by Gasteiger charge is -2.26. The van der Waals surface area contributed by atoms with Gasteiger partial charge in [0.25, 0.3) is 0 Å². The van der Waals surface area contributed by atoms with E-state index >= 15 is 0 Å². The topological polar surface area (TPSA) is 51.0 Å². The van der Waals surface area contributed by atoms with Crippen molar-refractivity contribution >= 4 is 11.9 Å². The molecule has 5 heteroatoms. The van der Waals surface area contributed by atoms with Crippen LogP contribution in [0.25, 0.3) is 4.85 Å². The van der Waals surface area contributed by atoms with Crippen molar-refractivity contribution in [1.82, 2.24) is 4.90 Å². The molecule has 0 bridgehead atoms. The number of amides is 1. The summed E-state index contributed by atoms with van der Waals surface area (Å²) in [7, 11) is 1.29. The molecule has 0 N–H and O–H groups in total. The summed E-state index contributed by atoms with van der Waals surface area (Å²) in [4.78, 5) is 29.3. The smallest absolute Gasteiger partial charge is 0.321 e. The number of carbonyl (C=O) groups excluding carboxylic acids is 2. The zero-order chi connectivity index (χ0) is 15.5. The second-order valence-electron chi connectivity index (χ2n) is 5.37. The minimum absolute atomic E-state index is 0.0244. The van der Waals surface area contributed by atoms with E-state index in [1.807, 2.05) is 37.3 Å². The van der Waals surface area contributed by atoms with Crippen molar-refractivity contribution in [3.8, 4) is 0 Å². The third-order valence-electron chi connectivity index (χ3n) is 4.03. The van der Waals surface area contributed by atoms with Crippen LogP contribution in [0.1, 0.15) is 24.9 Å². The van der Waals surface area contributed by atoms with Gasteiger partial charge in [-0.2, -0.15) is 0 Å². The highest BCUT2D eigenvalue weighted by molar-refractivity contribution is 5.90. The molecule has 1 saturated heterocycles. The molecule has 1 heterocycles. The molecule has 2 atom stereocenters. The number of benzene rings is 1. The molecule has 21 heavy (non-hydrogen) atoms. The Bertz CT molecular complexity index is 579. The van der Waals surface area contributed by atoms with Gasteiger partial charge in [0.2, 0.25) is 12.5 Å². The molecule has 0 unspecified atom stereocenters. The first-order chi connectivity index (χ1) is 10.0. The first kappa shape index (κ1) is 15.0. The maximum Gasteiger partial charge on any atom is 0.321 e. The van der Waals surface area contributed by atoms with Gasteiger partial charge in [-0.1, -0.05) is 30.3 Å². The highest BCUT2D eigenvalue weighted by atomic mass is 16.5. The minimum atomic E-state index is -1.03. The minimum Gasteiger partial charge on any atom is -0.468 e. The van der Waals surface area contributed by atoms with Gasteiger partial charge in [-0.15, -0.1) is 0 Å². The Morgan fingerprint density at radius 3 is 2.71 bits per heavy atom. The summed E-state index contributed by atoms with van der Waals surface area (Å²) >= 11 is 0. The van der Waals surface area contributed by atoms with E-state index in [-0.39, 0.29) is 31.5 Å². The summed E-state index contributed by atoms with van der Waals surface area (Å²) in [5, 5.41) is 0. The first-order valence-corrected chi connectivity index (χ1v) is 6.80. The van der Waals surface area contributed by atoms with E-state index in [4.69, 9.17) is 11.3 Å². The summed E-state index contributed by atoms with van der Waals surface area (Å²) in [5.41, 5.74) is -0.0225. The fourth-order valence-electron chi connectivity index (χ4n) is 2.80. The summed E-state index contributed by atoms with van der Waals surface area (Å²) < 4.78 is 4.81. The van der Waals surface area contributed by atoms with E-state index < -0.39 is 11.4 Å². The Kier molecular flexibility index (Phi) is 4.27. The lowest BCUT2D eigenvalue weighted by atomic mass is 9.87. The van der Waals surface area contributed by atoms with Crippen molar-refractivity contribution < 1.29 is 14.3 Å². The Balaban J connectivity index is 2.26. The number of hydrogen-bond acceptors (Lipinski definition) is 3. The summed E-state index contributed by atoms with van der Waals surface area (Å²) in [6.07, 6.45) is 0.0409. The summed E-state index contributed by atoms with van der Waals surface area (Å²) in [5.74, 6) is -0.588. The quantitative estimate of drug-likeness (QED) is 0.629. The second kappa shape index (κ2) is 5.96. The van der Waals surface area contributed by atoms with E-state index in [1.165, 1.54) is 7.11 Å². The molecule has 1 amide bonds. The number of esters is 1. The van der Waals surface area contributed by atoms with Crippen molar-refractivity contribution in [1.29, 1.82) is 0 Å². The van der Waals surface area contributed by atoms with Crippen molar-refractivity contribution in [2.45, 2.75) is 19.4 Å². The Morgan fingerprint density at radius 2 is 2.14 bits per heavy atom. The van der Waals surface area contributed by atoms with Crippen LogP contribution < -0.4 is 0 Å². The van der Waals surface area contributed by atoms with E-state index in [0.29, 0.717) is 0 Å². The number of ether oxygens (including phenoxy) is 1. The molecule has 1 fully saturated rings. The number of nitrogens with zero attached hydrogens (tertiary/aromatic N) is 2. The fourth-order valence-corrected chi connectivity index (χ4v) is 2.80. The van der Waals surface area contributed by atoms with Gasteiger partial charge in [0.05, 0.1) is 19.6 Å². The van der Waals surface area contributed by atoms with Gasteiger partial charge in [0, 0.05) is 6.54 Å². The van der Waals surface area contributed by atoms with E-state index in [0.717, 1.165) is 5.56 Å². The third-order valence-corrected chi connectivity index (χ3v) is 4.03. The number of carbonyl (C=O) groups is 2. The predicted molar refractivity (Wildman–Crippen MR) is 77.1 cm³/mol. The number of methoxy groups -OCH3 is 1. The van der Waals surface area contributed by atoms with Crippen LogP contribution in [0, 0.1) is 12.0 Å². The second-order valence-corrected chi connectivity index (χ2v) is 5.37. The van der Waals surface area contributed by atoms with Gasteiger partial charge in [0.15, 0.2) is 5.41 Å². The van der Waals surface area contributed by atoms with Gasteiger partial charge in [0.1, 0.15) is 0 Å². The monoisotopic (exact) mass is 286 g/mol. The van der Waals surface area contributed by atoms with Gasteiger partial charge >= 0.3 is 5.97 Å². The highest BCUT2D eigenvalue weighted by Crippen LogP contribution is 2.37. The number of likely N-dealkylation sites (tertiary alicyclic amines) is 1. The van der Waals surface area contributed by atoms with Gasteiger partial charge in [-0.25, -0.2) is 6.57 Å². The normalized spacial score (nSPS) is 22.7. The van der Waals surface area contributed by atoms with E-state index in [9.17, 15) is 9.59 Å². The third kappa shape index (κ3) is 2.75. The molecular formula is C16H18N2O3. The largest absolute Gasteiger partial charge is 0.468 e. The standard InChI is InChI=1S/C16H18N2O3/c1-12(13-7-5-4-6-8-13)18-11-16(10-17-2,9-14(18)19)15(20)21-3/h4-8,12H,9-11H2,1,3H3/t12-,16-/m0/s1. The lowest BCUT2D eigenvalue weighted by molar-refractivity contribution is -0.151. The molecule has 0 aromatic heterocycles. The molecule has 1 aromatic carbocycles. The predicted octanol–water partition coefficient (Wildman–Crippen LogP) is 2.06. The van der Waals surface area contributed by atoms with Crippen molar-refractivity contribution in [3.05, 3.63) is 47.3 Å². The molecule has 0 spiro atoms. The van der Waals surface area contributed by atoms with Crippen LogP contribution in [0.3, 0.4) is 0 Å². The van der Waals surface area contributed by atoms with Gasteiger partial charge < -0.3 is 14.5 Å². The Hall–Kier alpha value is -2.35. The maximum atomic E-state index is 12.3. The molecule has 0 aliphatic carbocycles. The SMILES string of the molecule is [C-]#[N+]C[C@@]1(C(=O)OC)CC(=O)N([C@@H](C)c2ccccc2)C1. The molecule has 1 aromatic rings. The summed E-state index contributed by atoms with van der Waals surface area (Å²) in [6.45, 7) is 9.19. The lowest BCUT2D eigenvalue weighted by Crippen LogP contribution is -2.38. The van der Waals surface area contributed by atoms with Crippen molar-refractivity contribution in [3.63, 3.8) is 0 Å². The molecule has 2 rings (SSSR count). The molecule has 1 aliphatic heterocycles. The fraction of sp³-hybridized carbons (Fsp3) is 0.438. The van der Waals surface area contributed by atoms with Gasteiger partial charge in [-0.3, -0.25) is 9.59 Å². The molecule has 1 aliphatic rings. The highest BCUT2D eigenvalue weighted by Gasteiger charge is 2.53.